The summed E-state index contributed by atoms with van der Waals surface area (Å²) in [6.07, 6.45) is 0.497. The van der Waals surface area contributed by atoms with Crippen LogP contribution in [0.25, 0.3) is 11.3 Å². The number of halogens is 1. The van der Waals surface area contributed by atoms with Crippen molar-refractivity contribution in [3.05, 3.63) is 58.8 Å². The van der Waals surface area contributed by atoms with Gasteiger partial charge in [0.15, 0.2) is 0 Å². The third-order valence-electron chi connectivity index (χ3n) is 4.33. The van der Waals surface area contributed by atoms with Gasteiger partial charge < -0.3 is 24.1 Å². The SMILES string of the molecule is COc1cc(OC)c(CCNC(=O)c2cc(-c3cccc(Cl)c3)no2)c(OC)c1. The highest BCUT2D eigenvalue weighted by atomic mass is 35.5. The van der Waals surface area contributed by atoms with E-state index in [1.54, 1.807) is 51.7 Å². The average molecular weight is 417 g/mol. The zero-order chi connectivity index (χ0) is 20.8. The van der Waals surface area contributed by atoms with E-state index in [9.17, 15) is 4.79 Å². The molecule has 0 unspecified atom stereocenters. The van der Waals surface area contributed by atoms with Crippen LogP contribution >= 0.6 is 11.6 Å². The molecule has 3 aromatic rings. The topological polar surface area (TPSA) is 82.8 Å². The van der Waals surface area contributed by atoms with Crippen molar-refractivity contribution in [2.24, 2.45) is 0 Å². The number of benzene rings is 2. The van der Waals surface area contributed by atoms with Gasteiger partial charge in [0.2, 0.25) is 5.76 Å². The molecule has 1 amide bonds. The largest absolute Gasteiger partial charge is 0.496 e. The average Bonchev–Trinajstić information content (AvgIpc) is 3.24. The van der Waals surface area contributed by atoms with Crippen LogP contribution in [0.3, 0.4) is 0 Å². The first-order valence-corrected chi connectivity index (χ1v) is 9.23. The highest BCUT2D eigenvalue weighted by Crippen LogP contribution is 2.34. The molecule has 1 heterocycles. The number of rotatable bonds is 8. The van der Waals surface area contributed by atoms with Crippen molar-refractivity contribution in [1.82, 2.24) is 10.5 Å². The van der Waals surface area contributed by atoms with E-state index < -0.39 is 0 Å². The van der Waals surface area contributed by atoms with Crippen LogP contribution in [0.4, 0.5) is 0 Å². The van der Waals surface area contributed by atoms with Gasteiger partial charge in [0.25, 0.3) is 5.91 Å². The van der Waals surface area contributed by atoms with Gasteiger partial charge >= 0.3 is 0 Å². The lowest BCUT2D eigenvalue weighted by molar-refractivity contribution is 0.0917. The van der Waals surface area contributed by atoms with Gasteiger partial charge in [0, 0.05) is 40.9 Å². The molecule has 8 heteroatoms. The van der Waals surface area contributed by atoms with E-state index in [1.807, 2.05) is 12.1 Å². The minimum atomic E-state index is -0.364. The second-order valence-electron chi connectivity index (χ2n) is 6.10. The lowest BCUT2D eigenvalue weighted by Gasteiger charge is -2.15. The molecule has 3 rings (SSSR count). The highest BCUT2D eigenvalue weighted by molar-refractivity contribution is 6.30. The summed E-state index contributed by atoms with van der Waals surface area (Å²) in [5.41, 5.74) is 2.14. The first-order chi connectivity index (χ1) is 14.0. The number of hydrogen-bond donors (Lipinski definition) is 1. The fourth-order valence-electron chi connectivity index (χ4n) is 2.88. The Hall–Kier alpha value is -3.19. The summed E-state index contributed by atoms with van der Waals surface area (Å²) in [4.78, 5) is 12.4. The molecule has 0 aliphatic rings. The normalized spacial score (nSPS) is 10.5. The summed E-state index contributed by atoms with van der Waals surface area (Å²) in [6, 6.07) is 12.3. The maximum Gasteiger partial charge on any atom is 0.289 e. The number of carbonyl (C=O) groups is 1. The number of amides is 1. The van der Waals surface area contributed by atoms with Gasteiger partial charge in [0.05, 0.1) is 21.3 Å². The minimum absolute atomic E-state index is 0.119. The summed E-state index contributed by atoms with van der Waals surface area (Å²) in [5, 5.41) is 7.34. The van der Waals surface area contributed by atoms with Gasteiger partial charge in [-0.2, -0.15) is 0 Å². The summed E-state index contributed by atoms with van der Waals surface area (Å²) >= 11 is 5.99. The van der Waals surface area contributed by atoms with Gasteiger partial charge in [-0.15, -0.1) is 0 Å². The van der Waals surface area contributed by atoms with Crippen molar-refractivity contribution in [1.29, 1.82) is 0 Å². The molecule has 0 saturated carbocycles. The van der Waals surface area contributed by atoms with E-state index in [0.29, 0.717) is 40.9 Å². The third-order valence-corrected chi connectivity index (χ3v) is 4.57. The number of hydrogen-bond acceptors (Lipinski definition) is 6. The van der Waals surface area contributed by atoms with E-state index in [2.05, 4.69) is 10.5 Å². The Bertz CT molecular complexity index is 977. The Balaban J connectivity index is 1.66. The summed E-state index contributed by atoms with van der Waals surface area (Å²) < 4.78 is 21.3. The molecule has 7 nitrogen and oxygen atoms in total. The fourth-order valence-corrected chi connectivity index (χ4v) is 3.07. The Labute approximate surface area is 173 Å². The first-order valence-electron chi connectivity index (χ1n) is 8.85. The summed E-state index contributed by atoms with van der Waals surface area (Å²) in [6.45, 7) is 0.352. The van der Waals surface area contributed by atoms with Crippen molar-refractivity contribution in [3.63, 3.8) is 0 Å². The third kappa shape index (κ3) is 4.81. The standard InChI is InChI=1S/C21H21ClN2O5/c1-26-15-10-18(27-2)16(19(11-15)28-3)7-8-23-21(25)20-12-17(24-29-20)13-5-4-6-14(22)9-13/h4-6,9-12H,7-8H2,1-3H3,(H,23,25). The van der Waals surface area contributed by atoms with Crippen molar-refractivity contribution < 1.29 is 23.5 Å². The van der Waals surface area contributed by atoms with Crippen LogP contribution in [-0.4, -0.2) is 38.9 Å². The Morgan fingerprint density at radius 3 is 2.41 bits per heavy atom. The molecule has 0 bridgehead atoms. The van der Waals surface area contributed by atoms with Crippen LogP contribution in [0.15, 0.2) is 47.0 Å². The molecule has 2 aromatic carbocycles. The Morgan fingerprint density at radius 2 is 1.79 bits per heavy atom. The van der Waals surface area contributed by atoms with Crippen LogP contribution < -0.4 is 19.5 Å². The molecule has 0 saturated heterocycles. The van der Waals surface area contributed by atoms with Crippen molar-refractivity contribution in [2.75, 3.05) is 27.9 Å². The first kappa shape index (κ1) is 20.5. The molecule has 0 radical (unpaired) electrons. The molecule has 1 aromatic heterocycles. The summed E-state index contributed by atoms with van der Waals surface area (Å²) in [5.74, 6) is 1.63. The maximum absolute atomic E-state index is 12.4. The molecule has 0 aliphatic heterocycles. The van der Waals surface area contributed by atoms with Gasteiger partial charge in [-0.05, 0) is 18.6 Å². The predicted octanol–water partition coefficient (Wildman–Crippen LogP) is 3.99. The molecule has 29 heavy (non-hydrogen) atoms. The molecular formula is C21H21ClN2O5. The van der Waals surface area contributed by atoms with Crippen LogP contribution in [0.1, 0.15) is 16.1 Å². The predicted molar refractivity (Wildman–Crippen MR) is 109 cm³/mol. The van der Waals surface area contributed by atoms with Gasteiger partial charge in [-0.25, -0.2) is 0 Å². The molecular weight excluding hydrogens is 396 g/mol. The zero-order valence-electron chi connectivity index (χ0n) is 16.3. The van der Waals surface area contributed by atoms with E-state index in [0.717, 1.165) is 11.1 Å². The fraction of sp³-hybridized carbons (Fsp3) is 0.238. The van der Waals surface area contributed by atoms with Gasteiger partial charge in [-0.1, -0.05) is 28.9 Å². The van der Waals surface area contributed by atoms with Gasteiger partial charge in [-0.3, -0.25) is 4.79 Å². The van der Waals surface area contributed by atoms with E-state index in [1.165, 1.54) is 0 Å². The van der Waals surface area contributed by atoms with Crippen molar-refractivity contribution in [3.8, 4) is 28.5 Å². The maximum atomic E-state index is 12.4. The second-order valence-corrected chi connectivity index (χ2v) is 6.54. The highest BCUT2D eigenvalue weighted by Gasteiger charge is 2.16. The number of ether oxygens (including phenoxy) is 3. The molecule has 0 atom stereocenters. The molecule has 1 N–H and O–H groups in total. The molecule has 152 valence electrons. The van der Waals surface area contributed by atoms with Crippen LogP contribution in [0, 0.1) is 0 Å². The lowest BCUT2D eigenvalue weighted by atomic mass is 10.1. The van der Waals surface area contributed by atoms with Crippen LogP contribution in [-0.2, 0) is 6.42 Å². The zero-order valence-corrected chi connectivity index (χ0v) is 17.1. The molecule has 0 aliphatic carbocycles. The lowest BCUT2D eigenvalue weighted by Crippen LogP contribution is -2.25. The second kappa shape index (κ2) is 9.34. The van der Waals surface area contributed by atoms with Crippen molar-refractivity contribution >= 4 is 17.5 Å². The number of nitrogens with one attached hydrogen (secondary N) is 1. The molecule has 0 fully saturated rings. The van der Waals surface area contributed by atoms with Crippen LogP contribution in [0.5, 0.6) is 17.2 Å². The number of carbonyl (C=O) groups excluding carboxylic acids is 1. The number of methoxy groups -OCH3 is 3. The van der Waals surface area contributed by atoms with E-state index in [4.69, 9.17) is 30.3 Å². The number of aromatic nitrogens is 1. The van der Waals surface area contributed by atoms with E-state index >= 15 is 0 Å². The minimum Gasteiger partial charge on any atom is -0.496 e. The van der Waals surface area contributed by atoms with Crippen LogP contribution in [0.2, 0.25) is 5.02 Å². The van der Waals surface area contributed by atoms with E-state index in [-0.39, 0.29) is 11.7 Å². The number of nitrogens with zero attached hydrogens (tertiary/aromatic N) is 1. The smallest absolute Gasteiger partial charge is 0.289 e. The summed E-state index contributed by atoms with van der Waals surface area (Å²) in [7, 11) is 4.72. The van der Waals surface area contributed by atoms with Gasteiger partial charge in [0.1, 0.15) is 22.9 Å². The molecule has 0 spiro atoms. The quantitative estimate of drug-likeness (QED) is 0.597. The monoisotopic (exact) mass is 416 g/mol. The Kier molecular flexibility index (Phi) is 6.61. The van der Waals surface area contributed by atoms with Crippen molar-refractivity contribution in [2.45, 2.75) is 6.42 Å². The Morgan fingerprint density at radius 1 is 1.07 bits per heavy atom.